The molecule has 0 unspecified atom stereocenters. The number of ether oxygens (including phenoxy) is 1. The summed E-state index contributed by atoms with van der Waals surface area (Å²) in [5, 5.41) is 3.08. The monoisotopic (exact) mass is 459 g/mol. The number of morpholine rings is 1. The highest BCUT2D eigenvalue weighted by Gasteiger charge is 2.39. The van der Waals surface area contributed by atoms with E-state index in [1.54, 1.807) is 54.3 Å². The van der Waals surface area contributed by atoms with Gasteiger partial charge in [-0.2, -0.15) is 0 Å². The van der Waals surface area contributed by atoms with E-state index in [4.69, 9.17) is 27.9 Å². The van der Waals surface area contributed by atoms with E-state index in [1.165, 1.54) is 0 Å². The van der Waals surface area contributed by atoms with Crippen LogP contribution in [0.4, 0.5) is 11.4 Å². The molecule has 0 saturated carbocycles. The number of carbonyl (C=O) groups is 3. The minimum absolute atomic E-state index is 0.0537. The zero-order valence-corrected chi connectivity index (χ0v) is 18.2. The average molecular weight is 460 g/mol. The molecule has 3 amide bonds. The number of benzene rings is 2. The Morgan fingerprint density at radius 1 is 1.03 bits per heavy atom. The van der Waals surface area contributed by atoms with Crippen LogP contribution in [0.3, 0.4) is 0 Å². The van der Waals surface area contributed by atoms with Crippen molar-refractivity contribution in [2.24, 2.45) is 0 Å². The van der Waals surface area contributed by atoms with Crippen molar-refractivity contribution in [1.82, 2.24) is 4.90 Å². The second kappa shape index (κ2) is 8.70. The molecule has 0 aliphatic carbocycles. The van der Waals surface area contributed by atoms with Crippen molar-refractivity contribution in [2.75, 3.05) is 36.5 Å². The molecule has 0 spiro atoms. The first-order chi connectivity index (χ1) is 14.9. The molecule has 1 N–H and O–H groups in total. The van der Waals surface area contributed by atoms with Crippen molar-refractivity contribution in [3.8, 4) is 0 Å². The fourth-order valence-electron chi connectivity index (χ4n) is 3.48. The maximum atomic E-state index is 13.0. The number of imide groups is 1. The van der Waals surface area contributed by atoms with E-state index in [0.29, 0.717) is 53.8 Å². The third kappa shape index (κ3) is 4.17. The molecule has 2 aromatic rings. The first-order valence-corrected chi connectivity index (χ1v) is 10.4. The van der Waals surface area contributed by atoms with Gasteiger partial charge in [0.15, 0.2) is 0 Å². The minimum Gasteiger partial charge on any atom is -0.378 e. The van der Waals surface area contributed by atoms with Gasteiger partial charge in [-0.25, -0.2) is 4.90 Å². The van der Waals surface area contributed by atoms with Crippen LogP contribution in [0.25, 0.3) is 0 Å². The highest BCUT2D eigenvalue weighted by molar-refractivity contribution is 6.53. The van der Waals surface area contributed by atoms with Crippen LogP contribution in [0.2, 0.25) is 5.02 Å². The number of carbonyl (C=O) groups excluding carboxylic acids is 3. The first-order valence-electron chi connectivity index (χ1n) is 9.65. The molecule has 2 aromatic carbocycles. The van der Waals surface area contributed by atoms with Crippen LogP contribution < -0.4 is 10.2 Å². The number of nitrogens with zero attached hydrogens (tertiary/aromatic N) is 2. The minimum atomic E-state index is -0.639. The number of halogens is 2. The maximum absolute atomic E-state index is 13.0. The molecule has 4 rings (SSSR count). The van der Waals surface area contributed by atoms with Gasteiger partial charge in [0.1, 0.15) is 10.7 Å². The SMILES string of the molecule is Cc1ccc(Cl)cc1N1C(=O)C(Cl)=C(Nc2cccc(C(=O)N3CCOCC3)c2)C1=O. The van der Waals surface area contributed by atoms with Gasteiger partial charge in [0, 0.05) is 29.4 Å². The average Bonchev–Trinajstić information content (AvgIpc) is 2.99. The van der Waals surface area contributed by atoms with Gasteiger partial charge in [-0.05, 0) is 42.8 Å². The Morgan fingerprint density at radius 2 is 1.77 bits per heavy atom. The molecule has 1 saturated heterocycles. The summed E-state index contributed by atoms with van der Waals surface area (Å²) in [6.07, 6.45) is 0. The Hall–Kier alpha value is -2.87. The second-order valence-corrected chi connectivity index (χ2v) is 7.99. The molecule has 160 valence electrons. The lowest BCUT2D eigenvalue weighted by Crippen LogP contribution is -2.40. The van der Waals surface area contributed by atoms with E-state index in [0.717, 1.165) is 4.90 Å². The van der Waals surface area contributed by atoms with Gasteiger partial charge in [-0.1, -0.05) is 35.3 Å². The maximum Gasteiger partial charge on any atom is 0.283 e. The van der Waals surface area contributed by atoms with Crippen molar-refractivity contribution in [3.63, 3.8) is 0 Å². The van der Waals surface area contributed by atoms with E-state index in [1.807, 2.05) is 0 Å². The molecule has 31 heavy (non-hydrogen) atoms. The fraction of sp³-hybridized carbons (Fsp3) is 0.227. The Bertz CT molecular complexity index is 1110. The molecule has 0 atom stereocenters. The van der Waals surface area contributed by atoms with Gasteiger partial charge < -0.3 is 15.0 Å². The van der Waals surface area contributed by atoms with Gasteiger partial charge in [-0.15, -0.1) is 0 Å². The van der Waals surface area contributed by atoms with Crippen molar-refractivity contribution < 1.29 is 19.1 Å². The number of rotatable bonds is 4. The zero-order chi connectivity index (χ0) is 22.1. The Labute approximate surface area is 189 Å². The summed E-state index contributed by atoms with van der Waals surface area (Å²) >= 11 is 12.3. The van der Waals surface area contributed by atoms with Gasteiger partial charge in [0.25, 0.3) is 17.7 Å². The molecule has 9 heteroatoms. The Balaban J connectivity index is 1.58. The Kier molecular flexibility index (Phi) is 6.00. The lowest BCUT2D eigenvalue weighted by Gasteiger charge is -2.27. The lowest BCUT2D eigenvalue weighted by atomic mass is 10.1. The van der Waals surface area contributed by atoms with Crippen LogP contribution in [0.15, 0.2) is 53.2 Å². The van der Waals surface area contributed by atoms with Crippen LogP contribution in [-0.2, 0) is 14.3 Å². The molecular formula is C22H19Cl2N3O4. The van der Waals surface area contributed by atoms with E-state index in [9.17, 15) is 14.4 Å². The first kappa shape index (κ1) is 21.4. The van der Waals surface area contributed by atoms with E-state index >= 15 is 0 Å². The summed E-state index contributed by atoms with van der Waals surface area (Å²) in [5.74, 6) is -1.36. The smallest absolute Gasteiger partial charge is 0.283 e. The highest BCUT2D eigenvalue weighted by Crippen LogP contribution is 2.33. The zero-order valence-electron chi connectivity index (χ0n) is 16.7. The predicted octanol–water partition coefficient (Wildman–Crippen LogP) is 3.56. The summed E-state index contributed by atoms with van der Waals surface area (Å²) in [6.45, 7) is 3.82. The normalized spacial score (nSPS) is 16.9. The topological polar surface area (TPSA) is 79.0 Å². The molecule has 1 fully saturated rings. The van der Waals surface area contributed by atoms with Crippen molar-refractivity contribution in [3.05, 3.63) is 69.3 Å². The molecule has 2 aliphatic heterocycles. The molecule has 7 nitrogen and oxygen atoms in total. The molecule has 2 aliphatic rings. The van der Waals surface area contributed by atoms with Crippen LogP contribution in [0.1, 0.15) is 15.9 Å². The molecule has 2 heterocycles. The second-order valence-electron chi connectivity index (χ2n) is 7.18. The molecule has 0 radical (unpaired) electrons. The largest absolute Gasteiger partial charge is 0.378 e. The van der Waals surface area contributed by atoms with E-state index in [2.05, 4.69) is 5.32 Å². The Morgan fingerprint density at radius 3 is 2.52 bits per heavy atom. The summed E-state index contributed by atoms with van der Waals surface area (Å²) in [7, 11) is 0. The van der Waals surface area contributed by atoms with Crippen molar-refractivity contribution >= 4 is 52.3 Å². The highest BCUT2D eigenvalue weighted by atomic mass is 35.5. The van der Waals surface area contributed by atoms with Crippen LogP contribution in [0.5, 0.6) is 0 Å². The molecular weight excluding hydrogens is 441 g/mol. The number of hydrogen-bond donors (Lipinski definition) is 1. The standard InChI is InChI=1S/C22H19Cl2N3O4/c1-13-5-6-15(23)12-17(13)27-21(29)18(24)19(22(27)30)25-16-4-2-3-14(11-16)20(28)26-7-9-31-10-8-26/h2-6,11-12,25H,7-10H2,1H3. The van der Waals surface area contributed by atoms with Gasteiger partial charge >= 0.3 is 0 Å². The number of hydrogen-bond acceptors (Lipinski definition) is 5. The number of anilines is 2. The predicted molar refractivity (Wildman–Crippen MR) is 118 cm³/mol. The van der Waals surface area contributed by atoms with E-state index in [-0.39, 0.29) is 16.6 Å². The van der Waals surface area contributed by atoms with Gasteiger partial charge in [0.05, 0.1) is 18.9 Å². The summed E-state index contributed by atoms with van der Waals surface area (Å²) < 4.78 is 5.28. The summed E-state index contributed by atoms with van der Waals surface area (Å²) in [5.41, 5.74) is 1.95. The summed E-state index contributed by atoms with van der Waals surface area (Å²) in [6, 6.07) is 11.7. The third-order valence-corrected chi connectivity index (χ3v) is 5.70. The number of amides is 3. The lowest BCUT2D eigenvalue weighted by molar-refractivity contribution is -0.120. The van der Waals surface area contributed by atoms with Crippen LogP contribution in [0, 0.1) is 6.92 Å². The summed E-state index contributed by atoms with van der Waals surface area (Å²) in [4.78, 5) is 41.2. The van der Waals surface area contributed by atoms with Crippen LogP contribution >= 0.6 is 23.2 Å². The van der Waals surface area contributed by atoms with Crippen molar-refractivity contribution in [1.29, 1.82) is 0 Å². The van der Waals surface area contributed by atoms with Crippen LogP contribution in [-0.4, -0.2) is 48.9 Å². The molecule has 0 aromatic heterocycles. The fourth-order valence-corrected chi connectivity index (χ4v) is 3.86. The van der Waals surface area contributed by atoms with E-state index < -0.39 is 11.8 Å². The third-order valence-electron chi connectivity index (χ3n) is 5.12. The van der Waals surface area contributed by atoms with Gasteiger partial charge in [-0.3, -0.25) is 14.4 Å². The quantitative estimate of drug-likeness (QED) is 0.707. The van der Waals surface area contributed by atoms with Crippen molar-refractivity contribution in [2.45, 2.75) is 6.92 Å². The number of aryl methyl sites for hydroxylation is 1. The number of nitrogens with one attached hydrogen (secondary N) is 1. The van der Waals surface area contributed by atoms with Gasteiger partial charge in [0.2, 0.25) is 0 Å². The molecule has 0 bridgehead atoms.